The first-order valence-corrected chi connectivity index (χ1v) is 8.02. The number of hydrogen-bond donors (Lipinski definition) is 1. The highest BCUT2D eigenvalue weighted by Gasteiger charge is 2.09. The van der Waals surface area contributed by atoms with Crippen molar-refractivity contribution in [2.24, 2.45) is 0 Å². The average Bonchev–Trinajstić information content (AvgIpc) is 2.54. The largest absolute Gasteiger partial charge is 0.484 e. The second-order valence-electron chi connectivity index (χ2n) is 4.66. The first kappa shape index (κ1) is 15.4. The maximum Gasteiger partial charge on any atom is 0.258 e. The normalized spacial score (nSPS) is 11.7. The topological polar surface area (TPSA) is 38.3 Å². The van der Waals surface area contributed by atoms with Crippen molar-refractivity contribution in [3.05, 3.63) is 60.2 Å². The predicted molar refractivity (Wildman–Crippen MR) is 86.7 cm³/mol. The van der Waals surface area contributed by atoms with Gasteiger partial charge in [0.2, 0.25) is 0 Å². The summed E-state index contributed by atoms with van der Waals surface area (Å²) in [6.07, 6.45) is 2.02. The molecule has 0 radical (unpaired) electrons. The van der Waals surface area contributed by atoms with Crippen molar-refractivity contribution in [2.75, 3.05) is 12.9 Å². The van der Waals surface area contributed by atoms with E-state index in [0.717, 1.165) is 5.56 Å². The van der Waals surface area contributed by atoms with Crippen molar-refractivity contribution in [3.63, 3.8) is 0 Å². The van der Waals surface area contributed by atoms with E-state index in [1.54, 1.807) is 11.8 Å². The molecule has 21 heavy (non-hydrogen) atoms. The highest BCUT2D eigenvalue weighted by molar-refractivity contribution is 7.98. The lowest BCUT2D eigenvalue weighted by Crippen LogP contribution is -2.31. The number of ether oxygens (including phenoxy) is 1. The molecule has 0 aromatic heterocycles. The second kappa shape index (κ2) is 7.74. The van der Waals surface area contributed by atoms with E-state index in [1.165, 1.54) is 4.90 Å². The van der Waals surface area contributed by atoms with Gasteiger partial charge in [-0.25, -0.2) is 0 Å². The van der Waals surface area contributed by atoms with Crippen LogP contribution in [0.4, 0.5) is 0 Å². The smallest absolute Gasteiger partial charge is 0.258 e. The van der Waals surface area contributed by atoms with Gasteiger partial charge in [0.15, 0.2) is 6.61 Å². The van der Waals surface area contributed by atoms with Crippen LogP contribution in [0.1, 0.15) is 18.5 Å². The van der Waals surface area contributed by atoms with Crippen LogP contribution in [-0.2, 0) is 4.79 Å². The van der Waals surface area contributed by atoms with Crippen LogP contribution in [0.25, 0.3) is 0 Å². The van der Waals surface area contributed by atoms with Crippen LogP contribution in [0.5, 0.6) is 5.75 Å². The molecule has 0 saturated heterocycles. The second-order valence-corrected chi connectivity index (χ2v) is 5.54. The maximum absolute atomic E-state index is 11.9. The minimum absolute atomic E-state index is 0.0236. The van der Waals surface area contributed by atoms with E-state index in [-0.39, 0.29) is 18.6 Å². The molecule has 2 rings (SSSR count). The molecule has 0 bridgehead atoms. The summed E-state index contributed by atoms with van der Waals surface area (Å²) in [6, 6.07) is 17.5. The molecule has 0 fully saturated rings. The van der Waals surface area contributed by atoms with E-state index in [4.69, 9.17) is 4.74 Å². The summed E-state index contributed by atoms with van der Waals surface area (Å²) in [7, 11) is 0. The van der Waals surface area contributed by atoms with E-state index in [9.17, 15) is 4.79 Å². The Kier molecular flexibility index (Phi) is 5.69. The lowest BCUT2D eigenvalue weighted by Gasteiger charge is -2.14. The van der Waals surface area contributed by atoms with E-state index in [1.807, 2.05) is 67.8 Å². The minimum atomic E-state index is -0.125. The molecule has 4 heteroatoms. The molecule has 2 aromatic carbocycles. The fourth-order valence-corrected chi connectivity index (χ4v) is 2.34. The molecular formula is C17H19NO2S. The Balaban J connectivity index is 1.81. The summed E-state index contributed by atoms with van der Waals surface area (Å²) < 4.78 is 5.48. The average molecular weight is 301 g/mol. The molecule has 1 N–H and O–H groups in total. The zero-order chi connectivity index (χ0) is 15.1. The first-order chi connectivity index (χ1) is 10.2. The summed E-state index contributed by atoms with van der Waals surface area (Å²) in [4.78, 5) is 13.1. The monoisotopic (exact) mass is 301 g/mol. The molecule has 3 nitrogen and oxygen atoms in total. The number of hydrogen-bond acceptors (Lipinski definition) is 3. The molecule has 0 heterocycles. The summed E-state index contributed by atoms with van der Waals surface area (Å²) in [5.41, 5.74) is 1.08. The number of thioether (sulfide) groups is 1. The molecule has 0 aliphatic rings. The van der Waals surface area contributed by atoms with Crippen molar-refractivity contribution >= 4 is 17.7 Å². The Morgan fingerprint density at radius 1 is 1.14 bits per heavy atom. The quantitative estimate of drug-likeness (QED) is 0.827. The molecule has 0 spiro atoms. The molecule has 1 amide bonds. The molecular weight excluding hydrogens is 282 g/mol. The van der Waals surface area contributed by atoms with Gasteiger partial charge in [-0.05, 0) is 43.0 Å². The van der Waals surface area contributed by atoms with E-state index < -0.39 is 0 Å². The fourth-order valence-electron chi connectivity index (χ4n) is 1.93. The predicted octanol–water partition coefficient (Wildman–Crippen LogP) is 3.66. The highest BCUT2D eigenvalue weighted by atomic mass is 32.2. The Morgan fingerprint density at radius 2 is 1.81 bits per heavy atom. The van der Waals surface area contributed by atoms with Crippen LogP contribution in [0.2, 0.25) is 0 Å². The number of amides is 1. The standard InChI is InChI=1S/C17H19NO2S/c1-13(14-6-4-3-5-7-14)18-17(19)12-20-15-8-10-16(21-2)11-9-15/h3-11,13H,12H2,1-2H3,(H,18,19)/t13-/m1/s1. The van der Waals surface area contributed by atoms with Gasteiger partial charge in [0.25, 0.3) is 5.91 Å². The van der Waals surface area contributed by atoms with Crippen molar-refractivity contribution in [2.45, 2.75) is 17.9 Å². The molecule has 0 saturated carbocycles. The number of carbonyl (C=O) groups is 1. The fraction of sp³-hybridized carbons (Fsp3) is 0.235. The Bertz CT molecular complexity index is 569. The molecule has 0 aliphatic carbocycles. The molecule has 2 aromatic rings. The Hall–Kier alpha value is -1.94. The van der Waals surface area contributed by atoms with E-state index >= 15 is 0 Å². The molecule has 110 valence electrons. The van der Waals surface area contributed by atoms with Gasteiger partial charge in [0.1, 0.15) is 5.75 Å². The zero-order valence-corrected chi connectivity index (χ0v) is 13.0. The van der Waals surface area contributed by atoms with Gasteiger partial charge in [-0.15, -0.1) is 11.8 Å². The van der Waals surface area contributed by atoms with Crippen LogP contribution >= 0.6 is 11.8 Å². The van der Waals surface area contributed by atoms with Crippen molar-refractivity contribution in [1.29, 1.82) is 0 Å². The van der Waals surface area contributed by atoms with Crippen LogP contribution in [-0.4, -0.2) is 18.8 Å². The lowest BCUT2D eigenvalue weighted by molar-refractivity contribution is -0.123. The van der Waals surface area contributed by atoms with Gasteiger partial charge in [-0.2, -0.15) is 0 Å². The number of nitrogens with one attached hydrogen (secondary N) is 1. The summed E-state index contributed by atoms with van der Waals surface area (Å²) in [5, 5.41) is 2.92. The number of benzene rings is 2. The first-order valence-electron chi connectivity index (χ1n) is 6.80. The van der Waals surface area contributed by atoms with Crippen molar-refractivity contribution < 1.29 is 9.53 Å². The van der Waals surface area contributed by atoms with Crippen molar-refractivity contribution in [1.82, 2.24) is 5.32 Å². The van der Waals surface area contributed by atoms with Gasteiger partial charge in [0.05, 0.1) is 6.04 Å². The third kappa shape index (κ3) is 4.83. The SMILES string of the molecule is CSc1ccc(OCC(=O)N[C@H](C)c2ccccc2)cc1. The van der Waals surface area contributed by atoms with Gasteiger partial charge < -0.3 is 10.1 Å². The summed E-state index contributed by atoms with van der Waals surface area (Å²) in [6.45, 7) is 1.98. The minimum Gasteiger partial charge on any atom is -0.484 e. The van der Waals surface area contributed by atoms with Gasteiger partial charge in [-0.3, -0.25) is 4.79 Å². The summed E-state index contributed by atoms with van der Waals surface area (Å²) >= 11 is 1.67. The van der Waals surface area contributed by atoms with E-state index in [2.05, 4.69) is 5.32 Å². The van der Waals surface area contributed by atoms with Gasteiger partial charge >= 0.3 is 0 Å². The molecule has 0 aliphatic heterocycles. The van der Waals surface area contributed by atoms with E-state index in [0.29, 0.717) is 5.75 Å². The van der Waals surface area contributed by atoms with Crippen LogP contribution < -0.4 is 10.1 Å². The molecule has 0 unspecified atom stereocenters. The highest BCUT2D eigenvalue weighted by Crippen LogP contribution is 2.19. The Morgan fingerprint density at radius 3 is 2.43 bits per heavy atom. The van der Waals surface area contributed by atoms with Gasteiger partial charge in [0, 0.05) is 4.90 Å². The maximum atomic E-state index is 11.9. The Labute approximate surface area is 129 Å². The zero-order valence-electron chi connectivity index (χ0n) is 12.2. The third-order valence-electron chi connectivity index (χ3n) is 3.11. The van der Waals surface area contributed by atoms with Gasteiger partial charge in [-0.1, -0.05) is 30.3 Å². The number of carbonyl (C=O) groups excluding carboxylic acids is 1. The van der Waals surface area contributed by atoms with Crippen LogP contribution in [0, 0.1) is 0 Å². The van der Waals surface area contributed by atoms with Crippen LogP contribution in [0.3, 0.4) is 0 Å². The third-order valence-corrected chi connectivity index (χ3v) is 3.85. The lowest BCUT2D eigenvalue weighted by atomic mass is 10.1. The van der Waals surface area contributed by atoms with Crippen LogP contribution in [0.15, 0.2) is 59.5 Å². The molecule has 1 atom stereocenters. The summed E-state index contributed by atoms with van der Waals surface area (Å²) in [5.74, 6) is 0.579. The van der Waals surface area contributed by atoms with Crippen molar-refractivity contribution in [3.8, 4) is 5.75 Å². The number of rotatable bonds is 6.